The van der Waals surface area contributed by atoms with E-state index in [1.54, 1.807) is 46.3 Å². The van der Waals surface area contributed by atoms with Gasteiger partial charge in [-0.1, -0.05) is 87.2 Å². The van der Waals surface area contributed by atoms with Gasteiger partial charge in [0, 0.05) is 18.7 Å². The highest BCUT2D eigenvalue weighted by molar-refractivity contribution is 5.95. The highest BCUT2D eigenvalue weighted by atomic mass is 16.5. The van der Waals surface area contributed by atoms with Gasteiger partial charge in [-0.25, -0.2) is 19.6 Å². The van der Waals surface area contributed by atoms with Crippen LogP contribution in [0.3, 0.4) is 0 Å². The Labute approximate surface area is 333 Å². The molecule has 0 bridgehead atoms. The van der Waals surface area contributed by atoms with Crippen LogP contribution in [0.25, 0.3) is 5.57 Å². The standard InChI is InChI=1S/C43H48N8O6/c1-6-32(29-17-9-7-10-18-29)33(47-38(44)34-23-15-25-50(34)40(52)36(28(2)3)48-42(54)56-4)22-14-13-21-31-27-45-39(46-31)35-24-16-26-51(35)41(53)37(49-43(55)57-5)30-19-11-8-12-20-30/h6-12,17-20,27-28,34-37H,1,15-16,23-26H2,2-5H3,(H2,44,47)(H,45,46)(H,48,54)(H,49,55)/b33-32+/t34-,35-,36-,37-/m0/s1. The highest BCUT2D eigenvalue weighted by Crippen LogP contribution is 2.33. The molecular formula is C43H48N8O6. The quantitative estimate of drug-likeness (QED) is 0.0923. The van der Waals surface area contributed by atoms with Crippen LogP contribution in [0.15, 0.2) is 90.2 Å². The molecule has 0 unspecified atom stereocenters. The van der Waals surface area contributed by atoms with Crippen LogP contribution in [-0.4, -0.2) is 89.0 Å². The first-order chi connectivity index (χ1) is 27.6. The maximum Gasteiger partial charge on any atom is 0.407 e. The highest BCUT2D eigenvalue weighted by Gasteiger charge is 2.38. The summed E-state index contributed by atoms with van der Waals surface area (Å²) in [5, 5.41) is 5.32. The van der Waals surface area contributed by atoms with E-state index in [1.165, 1.54) is 14.2 Å². The molecule has 14 nitrogen and oxygen atoms in total. The predicted octanol–water partition coefficient (Wildman–Crippen LogP) is 4.85. The zero-order chi connectivity index (χ0) is 40.9. The molecule has 2 aromatic carbocycles. The van der Waals surface area contributed by atoms with Crippen molar-refractivity contribution in [1.29, 1.82) is 0 Å². The number of hydrogen-bond acceptors (Lipinski definition) is 8. The number of likely N-dealkylation sites (tertiary alicyclic amines) is 2. The van der Waals surface area contributed by atoms with Gasteiger partial charge in [0.05, 0.1) is 32.5 Å². The van der Waals surface area contributed by atoms with Gasteiger partial charge in [0.1, 0.15) is 35.1 Å². The number of nitrogens with one attached hydrogen (secondary N) is 3. The number of amidine groups is 1. The van der Waals surface area contributed by atoms with Crippen LogP contribution in [0, 0.1) is 29.6 Å². The summed E-state index contributed by atoms with van der Waals surface area (Å²) in [6, 6.07) is 15.9. The normalized spacial score (nSPS) is 17.9. The molecule has 5 N–H and O–H groups in total. The fourth-order valence-electron chi connectivity index (χ4n) is 6.89. The van der Waals surface area contributed by atoms with E-state index in [2.05, 4.69) is 50.9 Å². The van der Waals surface area contributed by atoms with Crippen molar-refractivity contribution in [2.45, 2.75) is 63.7 Å². The van der Waals surface area contributed by atoms with Crippen molar-refractivity contribution in [2.75, 3.05) is 27.3 Å². The Morgan fingerprint density at radius 3 is 2.25 bits per heavy atom. The molecule has 2 fully saturated rings. The molecule has 14 heteroatoms. The van der Waals surface area contributed by atoms with E-state index in [9.17, 15) is 19.2 Å². The number of alkyl carbamates (subject to hydrolysis) is 2. The number of nitrogens with zero attached hydrogens (tertiary/aromatic N) is 4. The SMILES string of the molecule is C=C/C(=C(C#CC#Cc1cnc([C@@H]2CCCN2C(=O)[C@@H](NC(=O)OC)c2ccccc2)[nH]1)\N=C(/N)[C@@H]1CCCN1C(=O)[C@@H](NC(=O)OC)C(C)C)c1ccccc1. The minimum Gasteiger partial charge on any atom is -0.453 e. The first-order valence-electron chi connectivity index (χ1n) is 18.7. The van der Waals surface area contributed by atoms with Gasteiger partial charge in [0.15, 0.2) is 0 Å². The van der Waals surface area contributed by atoms with Gasteiger partial charge in [-0.15, -0.1) is 0 Å². The van der Waals surface area contributed by atoms with Crippen LogP contribution in [-0.2, 0) is 19.1 Å². The smallest absolute Gasteiger partial charge is 0.407 e. The second-order valence-electron chi connectivity index (χ2n) is 13.8. The molecule has 5 rings (SSSR count). The van der Waals surface area contributed by atoms with E-state index < -0.39 is 30.3 Å². The number of aromatic amines is 1. The number of allylic oxidation sites excluding steroid dienone is 3. The molecule has 2 saturated heterocycles. The number of benzene rings is 2. The number of nitrogens with two attached hydrogens (primary N) is 1. The van der Waals surface area contributed by atoms with Crippen molar-refractivity contribution < 1.29 is 28.7 Å². The number of amides is 4. The molecule has 0 saturated carbocycles. The average Bonchev–Trinajstić information content (AvgIpc) is 4.02. The minimum absolute atomic E-state index is 0.194. The van der Waals surface area contributed by atoms with Crippen molar-refractivity contribution in [1.82, 2.24) is 30.4 Å². The fourth-order valence-corrected chi connectivity index (χ4v) is 6.89. The third-order valence-electron chi connectivity index (χ3n) is 9.77. The number of hydrogen-bond donors (Lipinski definition) is 4. The molecule has 2 aliphatic rings. The van der Waals surface area contributed by atoms with E-state index in [-0.39, 0.29) is 29.6 Å². The van der Waals surface area contributed by atoms with E-state index >= 15 is 0 Å². The summed E-state index contributed by atoms with van der Waals surface area (Å²) in [6.07, 6.45) is 4.55. The summed E-state index contributed by atoms with van der Waals surface area (Å²) in [5.41, 5.74) is 9.54. The molecule has 4 amide bonds. The Balaban J connectivity index is 1.40. The van der Waals surface area contributed by atoms with Crippen LogP contribution in [0.2, 0.25) is 0 Å². The van der Waals surface area contributed by atoms with Crippen LogP contribution in [0.4, 0.5) is 9.59 Å². The molecule has 4 atom stereocenters. The number of carbonyl (C=O) groups excluding carboxylic acids is 4. The van der Waals surface area contributed by atoms with Crippen LogP contribution in [0.5, 0.6) is 0 Å². The number of aliphatic imine (C=N–C) groups is 1. The lowest BCUT2D eigenvalue weighted by atomic mass is 10.0. The van der Waals surface area contributed by atoms with Gasteiger partial charge in [-0.05, 0) is 66.4 Å². The lowest BCUT2D eigenvalue weighted by Crippen LogP contribution is -2.54. The molecule has 0 spiro atoms. The summed E-state index contributed by atoms with van der Waals surface area (Å²) >= 11 is 0. The van der Waals surface area contributed by atoms with Crippen molar-refractivity contribution in [3.05, 3.63) is 108 Å². The second kappa shape index (κ2) is 19.7. The van der Waals surface area contributed by atoms with Crippen molar-refractivity contribution in [3.63, 3.8) is 0 Å². The number of carbonyl (C=O) groups is 4. The fraction of sp³-hybridized carbons (Fsp3) is 0.349. The maximum absolute atomic E-state index is 13.9. The van der Waals surface area contributed by atoms with E-state index in [0.717, 1.165) is 12.0 Å². The minimum atomic E-state index is -0.934. The van der Waals surface area contributed by atoms with Crippen molar-refractivity contribution in [3.8, 4) is 23.7 Å². The Bertz CT molecular complexity index is 2120. The summed E-state index contributed by atoms with van der Waals surface area (Å²) in [6.45, 7) is 8.64. The van der Waals surface area contributed by atoms with Crippen molar-refractivity contribution in [2.24, 2.45) is 16.6 Å². The van der Waals surface area contributed by atoms with Gasteiger partial charge in [0.2, 0.25) is 5.91 Å². The molecule has 57 heavy (non-hydrogen) atoms. The summed E-state index contributed by atoms with van der Waals surface area (Å²) in [4.78, 5) is 67.7. The Hall–Kier alpha value is -6.80. The molecule has 0 aliphatic carbocycles. The number of rotatable bonds is 11. The zero-order valence-electron chi connectivity index (χ0n) is 32.6. The molecular weight excluding hydrogens is 725 g/mol. The monoisotopic (exact) mass is 772 g/mol. The summed E-state index contributed by atoms with van der Waals surface area (Å²) in [5.74, 6) is 11.8. The summed E-state index contributed by atoms with van der Waals surface area (Å²) in [7, 11) is 2.50. The number of imidazole rings is 1. The van der Waals surface area contributed by atoms with Crippen molar-refractivity contribution >= 4 is 35.4 Å². The first kappa shape index (κ1) is 41.4. The topological polar surface area (TPSA) is 184 Å². The van der Waals surface area contributed by atoms with Gasteiger partial charge < -0.3 is 40.6 Å². The molecule has 1 aromatic heterocycles. The van der Waals surface area contributed by atoms with Crippen LogP contribution < -0.4 is 16.4 Å². The molecule has 296 valence electrons. The lowest BCUT2D eigenvalue weighted by Gasteiger charge is -2.30. The van der Waals surface area contributed by atoms with Crippen LogP contribution in [0.1, 0.15) is 74.3 Å². The number of ether oxygens (including phenoxy) is 2. The van der Waals surface area contributed by atoms with E-state index in [0.29, 0.717) is 60.7 Å². The molecule has 0 radical (unpaired) electrons. The average molecular weight is 773 g/mol. The lowest BCUT2D eigenvalue weighted by molar-refractivity contribution is -0.135. The predicted molar refractivity (Wildman–Crippen MR) is 216 cm³/mol. The number of H-pyrrole nitrogens is 1. The molecule has 2 aliphatic heterocycles. The third kappa shape index (κ3) is 10.3. The maximum atomic E-state index is 13.9. The van der Waals surface area contributed by atoms with E-state index in [1.807, 2.05) is 50.2 Å². The largest absolute Gasteiger partial charge is 0.453 e. The summed E-state index contributed by atoms with van der Waals surface area (Å²) < 4.78 is 9.55. The second-order valence-corrected chi connectivity index (χ2v) is 13.8. The molecule has 3 aromatic rings. The first-order valence-corrected chi connectivity index (χ1v) is 18.7. The Kier molecular flexibility index (Phi) is 14.3. The number of methoxy groups -OCH3 is 2. The number of aromatic nitrogens is 2. The van der Waals surface area contributed by atoms with Crippen LogP contribution >= 0.6 is 0 Å². The molecule has 3 heterocycles. The van der Waals surface area contributed by atoms with Gasteiger partial charge in [-0.3, -0.25) is 9.59 Å². The van der Waals surface area contributed by atoms with Gasteiger partial charge in [-0.2, -0.15) is 0 Å². The Morgan fingerprint density at radius 2 is 1.58 bits per heavy atom. The van der Waals surface area contributed by atoms with Gasteiger partial charge >= 0.3 is 12.2 Å². The van der Waals surface area contributed by atoms with Gasteiger partial charge in [0.25, 0.3) is 5.91 Å². The zero-order valence-corrected chi connectivity index (χ0v) is 32.6. The van der Waals surface area contributed by atoms with E-state index in [4.69, 9.17) is 20.2 Å². The Morgan fingerprint density at radius 1 is 0.930 bits per heavy atom. The third-order valence-corrected chi connectivity index (χ3v) is 9.77.